The number of carbonyl (C=O) groups is 1. The van der Waals surface area contributed by atoms with Crippen LogP contribution < -0.4 is 21.3 Å². The maximum Gasteiger partial charge on any atom is 0.410 e. The summed E-state index contributed by atoms with van der Waals surface area (Å²) in [5, 5.41) is 16.9. The van der Waals surface area contributed by atoms with Gasteiger partial charge < -0.3 is 30.0 Å². The predicted octanol–water partition coefficient (Wildman–Crippen LogP) is 6.46. The second-order valence-electron chi connectivity index (χ2n) is 14.9. The molecule has 1 fully saturated rings. The van der Waals surface area contributed by atoms with E-state index in [0.29, 0.717) is 64.8 Å². The van der Waals surface area contributed by atoms with Gasteiger partial charge in [0.05, 0.1) is 29.4 Å². The molecular formula is C38H52FN9O3. The van der Waals surface area contributed by atoms with E-state index in [2.05, 4.69) is 23.0 Å². The number of hydrogen-bond donors (Lipinski definition) is 2. The Morgan fingerprint density at radius 1 is 1.29 bits per heavy atom. The zero-order chi connectivity index (χ0) is 37.4. The number of nitrogen functional groups attached to an aromatic ring is 1. The molecule has 274 valence electrons. The van der Waals surface area contributed by atoms with Crippen LogP contribution in [0.4, 0.5) is 20.6 Å². The summed E-state index contributed by atoms with van der Waals surface area (Å²) in [6, 6.07) is 9.27. The van der Waals surface area contributed by atoms with E-state index in [1.165, 1.54) is 0 Å². The van der Waals surface area contributed by atoms with Gasteiger partial charge in [-0.1, -0.05) is 19.1 Å². The first-order chi connectivity index (χ1) is 24.1. The number of ether oxygens (including phenoxy) is 2. The van der Waals surface area contributed by atoms with Crippen molar-refractivity contribution in [2.45, 2.75) is 97.9 Å². The predicted molar refractivity (Wildman–Crippen MR) is 200 cm³/mol. The number of benzene rings is 2. The molecule has 2 aromatic carbocycles. The average molecular weight is 702 g/mol. The minimum absolute atomic E-state index is 0.0707. The van der Waals surface area contributed by atoms with E-state index in [9.17, 15) is 10.1 Å². The molecule has 1 amide bonds. The van der Waals surface area contributed by atoms with Crippen molar-refractivity contribution in [3.63, 3.8) is 0 Å². The van der Waals surface area contributed by atoms with Crippen molar-refractivity contribution in [3.8, 4) is 23.1 Å². The number of anilines is 2. The van der Waals surface area contributed by atoms with Gasteiger partial charge in [-0.3, -0.25) is 4.68 Å². The Kier molecular flexibility index (Phi) is 11.0. The standard InChI is InChI=1S/C38H52FN9O3/c1-10-17-45(8)21-24(4)50-36-33(41)35(48(42)25-15-18-47(23(3)20-25)37(49)51-38(5,6)7)27-19-22(2)30(32(39)34(27)43-36)26-12-11-13-29-31(26)28(14-16-40)44-46(29)9/h11-13,19,23-25H,10,14-15,17-18,20-21,41-42H2,1-9H3/t23-,24?,25?/m1/s1. The molecule has 3 atom stereocenters. The summed E-state index contributed by atoms with van der Waals surface area (Å²) in [5.41, 5.74) is 9.96. The normalized spacial score (nSPS) is 17.2. The third-order valence-electron chi connectivity index (χ3n) is 9.47. The zero-order valence-electron chi connectivity index (χ0n) is 31.4. The number of carbonyl (C=O) groups excluding carboxylic acids is 1. The SMILES string of the molecule is CCCN(C)CC(C)Oc1nc2c(F)c(-c3cccc4c3c(CC#N)nn4C)c(C)cc2c(N(N)C2CCN(C(=O)OC(C)(C)C)[C@H](C)C2)c1N. The molecule has 1 aliphatic heterocycles. The van der Waals surface area contributed by atoms with Crippen LogP contribution in [-0.4, -0.2) is 81.1 Å². The molecule has 1 saturated heterocycles. The van der Waals surface area contributed by atoms with Crippen LogP contribution in [0.15, 0.2) is 24.3 Å². The first-order valence-electron chi connectivity index (χ1n) is 17.7. The maximum absolute atomic E-state index is 17.3. The summed E-state index contributed by atoms with van der Waals surface area (Å²) in [6.45, 7) is 15.3. The molecule has 2 unspecified atom stereocenters. The van der Waals surface area contributed by atoms with E-state index in [1.807, 2.05) is 79.9 Å². The molecular weight excluding hydrogens is 649 g/mol. The van der Waals surface area contributed by atoms with E-state index in [1.54, 1.807) is 14.6 Å². The number of likely N-dealkylation sites (N-methyl/N-ethyl adjacent to an activating group) is 1. The lowest BCUT2D eigenvalue weighted by Gasteiger charge is -2.42. The third-order valence-corrected chi connectivity index (χ3v) is 9.47. The van der Waals surface area contributed by atoms with Gasteiger partial charge in [0.1, 0.15) is 22.9 Å². The number of hydrogen-bond acceptors (Lipinski definition) is 10. The van der Waals surface area contributed by atoms with Gasteiger partial charge in [-0.25, -0.2) is 20.0 Å². The maximum atomic E-state index is 17.3. The number of aromatic nitrogens is 3. The van der Waals surface area contributed by atoms with Gasteiger partial charge in [0.15, 0.2) is 5.82 Å². The highest BCUT2D eigenvalue weighted by atomic mass is 19.1. The van der Waals surface area contributed by atoms with Crippen molar-refractivity contribution in [2.24, 2.45) is 12.9 Å². The summed E-state index contributed by atoms with van der Waals surface area (Å²) in [7, 11) is 3.83. The number of aryl methyl sites for hydroxylation is 2. The lowest BCUT2D eigenvalue weighted by atomic mass is 9.92. The molecule has 3 heterocycles. The number of piperidine rings is 1. The Bertz CT molecular complexity index is 1960. The molecule has 4 N–H and O–H groups in total. The zero-order valence-corrected chi connectivity index (χ0v) is 31.4. The molecule has 0 radical (unpaired) electrons. The van der Waals surface area contributed by atoms with Crippen LogP contribution >= 0.6 is 0 Å². The highest BCUT2D eigenvalue weighted by Crippen LogP contribution is 2.44. The monoisotopic (exact) mass is 701 g/mol. The summed E-state index contributed by atoms with van der Waals surface area (Å²) < 4.78 is 31.0. The van der Waals surface area contributed by atoms with Gasteiger partial charge in [-0.2, -0.15) is 10.4 Å². The second-order valence-corrected chi connectivity index (χ2v) is 14.9. The second kappa shape index (κ2) is 14.9. The number of rotatable bonds is 10. The van der Waals surface area contributed by atoms with Crippen LogP contribution in [0, 0.1) is 24.1 Å². The molecule has 12 nitrogen and oxygen atoms in total. The Balaban J connectivity index is 1.64. The average Bonchev–Trinajstić information content (AvgIpc) is 3.36. The molecule has 0 saturated carbocycles. The van der Waals surface area contributed by atoms with Crippen molar-refractivity contribution in [2.75, 3.05) is 37.4 Å². The van der Waals surface area contributed by atoms with E-state index >= 15 is 4.39 Å². The Hall–Kier alpha value is -4.67. The molecule has 0 spiro atoms. The molecule has 5 rings (SSSR count). The third kappa shape index (κ3) is 7.67. The number of nitriles is 1. The number of nitrogens with zero attached hydrogens (tertiary/aromatic N) is 7. The molecule has 4 aromatic rings. The van der Waals surface area contributed by atoms with Gasteiger partial charge in [-0.15, -0.1) is 0 Å². The van der Waals surface area contributed by atoms with Crippen molar-refractivity contribution in [1.29, 1.82) is 5.26 Å². The summed E-state index contributed by atoms with van der Waals surface area (Å²) >= 11 is 0. The molecule has 13 heteroatoms. The van der Waals surface area contributed by atoms with Gasteiger partial charge >= 0.3 is 6.09 Å². The van der Waals surface area contributed by atoms with E-state index in [-0.39, 0.29) is 47.8 Å². The highest BCUT2D eigenvalue weighted by Gasteiger charge is 2.36. The number of fused-ring (bicyclic) bond motifs is 2. The van der Waals surface area contributed by atoms with Gasteiger partial charge in [-0.05, 0) is 97.7 Å². The first kappa shape index (κ1) is 37.6. The smallest absolute Gasteiger partial charge is 0.410 e. The van der Waals surface area contributed by atoms with E-state index in [4.69, 9.17) is 26.0 Å². The molecule has 51 heavy (non-hydrogen) atoms. The lowest BCUT2D eigenvalue weighted by Crippen LogP contribution is -2.54. The fourth-order valence-electron chi connectivity index (χ4n) is 7.28. The van der Waals surface area contributed by atoms with Gasteiger partial charge in [0.2, 0.25) is 5.88 Å². The number of halogens is 1. The number of nitrogens with two attached hydrogens (primary N) is 2. The van der Waals surface area contributed by atoms with Gasteiger partial charge in [0.25, 0.3) is 0 Å². The molecule has 0 bridgehead atoms. The van der Waals surface area contributed by atoms with Crippen LogP contribution in [0.2, 0.25) is 0 Å². The van der Waals surface area contributed by atoms with Crippen LogP contribution in [0.5, 0.6) is 5.88 Å². The largest absolute Gasteiger partial charge is 0.472 e. The van der Waals surface area contributed by atoms with Crippen molar-refractivity contribution in [1.82, 2.24) is 24.6 Å². The molecule has 2 aromatic heterocycles. The van der Waals surface area contributed by atoms with Crippen LogP contribution in [0.25, 0.3) is 32.9 Å². The van der Waals surface area contributed by atoms with Crippen LogP contribution in [0.1, 0.15) is 72.1 Å². The quantitative estimate of drug-likeness (QED) is 0.139. The Morgan fingerprint density at radius 3 is 2.67 bits per heavy atom. The van der Waals surface area contributed by atoms with E-state index in [0.717, 1.165) is 18.5 Å². The summed E-state index contributed by atoms with van der Waals surface area (Å²) in [6.07, 6.45) is 1.48. The first-order valence-corrected chi connectivity index (χ1v) is 17.7. The lowest BCUT2D eigenvalue weighted by molar-refractivity contribution is 0.0103. The van der Waals surface area contributed by atoms with E-state index < -0.39 is 11.4 Å². The molecule has 1 aliphatic rings. The highest BCUT2D eigenvalue weighted by molar-refractivity contribution is 6.05. The summed E-state index contributed by atoms with van der Waals surface area (Å²) in [4.78, 5) is 21.6. The minimum Gasteiger partial charge on any atom is -0.472 e. The summed E-state index contributed by atoms with van der Waals surface area (Å²) in [5.74, 6) is 6.54. The van der Waals surface area contributed by atoms with Crippen molar-refractivity contribution in [3.05, 3.63) is 41.3 Å². The Morgan fingerprint density at radius 2 is 2.02 bits per heavy atom. The topological polar surface area (TPSA) is 152 Å². The van der Waals surface area contributed by atoms with Gasteiger partial charge in [0, 0.05) is 48.6 Å². The number of likely N-dealkylation sites (tertiary alicyclic amines) is 1. The minimum atomic E-state index is -0.614. The number of hydrazine groups is 1. The van der Waals surface area contributed by atoms with Crippen molar-refractivity contribution < 1.29 is 18.7 Å². The Labute approximate surface area is 300 Å². The molecule has 0 aliphatic carbocycles. The fourth-order valence-corrected chi connectivity index (χ4v) is 7.28. The van der Waals surface area contributed by atoms with Crippen molar-refractivity contribution >= 4 is 39.3 Å². The number of amides is 1. The van der Waals surface area contributed by atoms with Crippen LogP contribution in [0.3, 0.4) is 0 Å². The fraction of sp³-hybridized carbons (Fsp3) is 0.526. The number of pyridine rings is 1. The van der Waals surface area contributed by atoms with Crippen LogP contribution in [-0.2, 0) is 18.2 Å².